The zero-order chi connectivity index (χ0) is 18.4. The van der Waals surface area contributed by atoms with Crippen molar-refractivity contribution in [1.82, 2.24) is 5.32 Å². The molecule has 0 radical (unpaired) electrons. The van der Waals surface area contributed by atoms with Crippen molar-refractivity contribution < 1.29 is 17.9 Å². The first-order chi connectivity index (χ1) is 11.8. The highest BCUT2D eigenvalue weighted by Gasteiger charge is 2.11. The van der Waals surface area contributed by atoms with Crippen molar-refractivity contribution in [3.63, 3.8) is 0 Å². The fourth-order valence-corrected chi connectivity index (χ4v) is 2.98. The van der Waals surface area contributed by atoms with Crippen molar-refractivity contribution in [3.8, 4) is 5.75 Å². The second kappa shape index (κ2) is 8.42. The van der Waals surface area contributed by atoms with Crippen molar-refractivity contribution in [2.75, 3.05) is 24.1 Å². The Labute approximate surface area is 156 Å². The molecule has 2 aromatic rings. The van der Waals surface area contributed by atoms with E-state index in [2.05, 4.69) is 10.0 Å². The minimum atomic E-state index is -3.44. The van der Waals surface area contributed by atoms with Crippen LogP contribution in [0.1, 0.15) is 10.4 Å². The minimum absolute atomic E-state index is 0.130. The molecule has 0 fully saturated rings. The van der Waals surface area contributed by atoms with Crippen LogP contribution in [0, 0.1) is 0 Å². The molecule has 0 atom stereocenters. The Bertz CT molecular complexity index is 872. The molecule has 0 unspecified atom stereocenters. The average molecular weight is 403 g/mol. The Balaban J connectivity index is 1.88. The summed E-state index contributed by atoms with van der Waals surface area (Å²) in [5, 5.41) is 3.30. The van der Waals surface area contributed by atoms with Gasteiger partial charge in [-0.3, -0.25) is 9.52 Å². The average Bonchev–Trinajstić information content (AvgIpc) is 2.53. The maximum atomic E-state index is 12.1. The largest absolute Gasteiger partial charge is 0.490 e. The van der Waals surface area contributed by atoms with Gasteiger partial charge in [-0.25, -0.2) is 8.42 Å². The molecule has 0 aliphatic heterocycles. The van der Waals surface area contributed by atoms with Gasteiger partial charge in [0, 0.05) is 5.56 Å². The van der Waals surface area contributed by atoms with E-state index in [4.69, 9.17) is 27.9 Å². The number of halogens is 2. The van der Waals surface area contributed by atoms with E-state index in [0.29, 0.717) is 16.3 Å². The van der Waals surface area contributed by atoms with Crippen LogP contribution >= 0.6 is 23.2 Å². The summed E-state index contributed by atoms with van der Waals surface area (Å²) in [5.41, 5.74) is 0.518. The number of hydrogen-bond donors (Lipinski definition) is 2. The van der Waals surface area contributed by atoms with Crippen molar-refractivity contribution in [1.29, 1.82) is 0 Å². The molecule has 0 aromatic heterocycles. The van der Waals surface area contributed by atoms with Gasteiger partial charge in [0.25, 0.3) is 5.91 Å². The van der Waals surface area contributed by atoms with Crippen molar-refractivity contribution >= 4 is 44.8 Å². The SMILES string of the molecule is CS(=O)(=O)Nc1ccc(C(=O)NCCOc2ccccc2Cl)cc1Cl. The third kappa shape index (κ3) is 6.12. The Morgan fingerprint density at radius 3 is 2.48 bits per heavy atom. The summed E-state index contributed by atoms with van der Waals surface area (Å²) in [6.45, 7) is 0.516. The van der Waals surface area contributed by atoms with Crippen LogP contribution in [-0.2, 0) is 10.0 Å². The van der Waals surface area contributed by atoms with Crippen molar-refractivity contribution in [2.45, 2.75) is 0 Å². The molecule has 1 amide bonds. The first kappa shape index (κ1) is 19.4. The number of carbonyl (C=O) groups is 1. The fraction of sp³-hybridized carbons (Fsp3) is 0.188. The normalized spacial score (nSPS) is 11.0. The van der Waals surface area contributed by atoms with E-state index in [-0.39, 0.29) is 29.8 Å². The second-order valence-corrected chi connectivity index (χ2v) is 7.67. The van der Waals surface area contributed by atoms with Gasteiger partial charge in [-0.1, -0.05) is 35.3 Å². The highest BCUT2D eigenvalue weighted by Crippen LogP contribution is 2.24. The van der Waals surface area contributed by atoms with Crippen molar-refractivity contribution in [2.24, 2.45) is 0 Å². The molecule has 0 bridgehead atoms. The van der Waals surface area contributed by atoms with Gasteiger partial charge < -0.3 is 10.1 Å². The predicted octanol–water partition coefficient (Wildman–Crippen LogP) is 3.17. The van der Waals surface area contributed by atoms with Crippen LogP contribution in [0.25, 0.3) is 0 Å². The Morgan fingerprint density at radius 2 is 1.84 bits per heavy atom. The van der Waals surface area contributed by atoms with Gasteiger partial charge in [0.15, 0.2) is 0 Å². The van der Waals surface area contributed by atoms with Gasteiger partial charge >= 0.3 is 0 Å². The van der Waals surface area contributed by atoms with E-state index < -0.39 is 10.0 Å². The van der Waals surface area contributed by atoms with Crippen LogP contribution in [0.15, 0.2) is 42.5 Å². The van der Waals surface area contributed by atoms with Crippen LogP contribution in [0.3, 0.4) is 0 Å². The highest BCUT2D eigenvalue weighted by molar-refractivity contribution is 7.92. The summed E-state index contributed by atoms with van der Waals surface area (Å²) < 4.78 is 30.2. The van der Waals surface area contributed by atoms with Crippen LogP contribution in [-0.4, -0.2) is 33.7 Å². The van der Waals surface area contributed by atoms with E-state index in [1.54, 1.807) is 24.3 Å². The molecule has 0 saturated heterocycles. The van der Waals surface area contributed by atoms with Gasteiger partial charge in [0.05, 0.1) is 28.5 Å². The number of rotatable bonds is 7. The van der Waals surface area contributed by atoms with E-state index in [1.165, 1.54) is 18.2 Å². The van der Waals surface area contributed by atoms with Gasteiger partial charge in [0.2, 0.25) is 10.0 Å². The van der Waals surface area contributed by atoms with E-state index in [0.717, 1.165) is 6.26 Å². The lowest BCUT2D eigenvalue weighted by atomic mass is 10.2. The van der Waals surface area contributed by atoms with Gasteiger partial charge in [0.1, 0.15) is 12.4 Å². The van der Waals surface area contributed by atoms with Crippen LogP contribution in [0.5, 0.6) is 5.75 Å². The molecule has 2 rings (SSSR count). The summed E-state index contributed by atoms with van der Waals surface area (Å²) in [6.07, 6.45) is 1.02. The molecule has 9 heteroatoms. The summed E-state index contributed by atoms with van der Waals surface area (Å²) in [7, 11) is -3.44. The summed E-state index contributed by atoms with van der Waals surface area (Å²) in [6, 6.07) is 11.3. The maximum absolute atomic E-state index is 12.1. The number of anilines is 1. The van der Waals surface area contributed by atoms with Crippen LogP contribution < -0.4 is 14.8 Å². The molecule has 0 aliphatic rings. The lowest BCUT2D eigenvalue weighted by Crippen LogP contribution is -2.28. The third-order valence-corrected chi connectivity index (χ3v) is 4.22. The number of carbonyl (C=O) groups excluding carboxylic acids is 1. The zero-order valence-corrected chi connectivity index (χ0v) is 15.6. The number of para-hydroxylation sites is 1. The number of nitrogens with one attached hydrogen (secondary N) is 2. The molecule has 0 heterocycles. The van der Waals surface area contributed by atoms with Crippen LogP contribution in [0.2, 0.25) is 10.0 Å². The molecule has 0 spiro atoms. The highest BCUT2D eigenvalue weighted by atomic mass is 35.5. The van der Waals surface area contributed by atoms with Crippen molar-refractivity contribution in [3.05, 3.63) is 58.1 Å². The summed E-state index contributed by atoms with van der Waals surface area (Å²) in [4.78, 5) is 12.1. The molecule has 0 saturated carbocycles. The fourth-order valence-electron chi connectivity index (χ4n) is 1.93. The monoisotopic (exact) mass is 402 g/mol. The number of sulfonamides is 1. The molecule has 134 valence electrons. The quantitative estimate of drug-likeness (QED) is 0.696. The smallest absolute Gasteiger partial charge is 0.251 e. The van der Waals surface area contributed by atoms with E-state index in [9.17, 15) is 13.2 Å². The lowest BCUT2D eigenvalue weighted by molar-refractivity contribution is 0.0947. The van der Waals surface area contributed by atoms with Gasteiger partial charge in [-0.05, 0) is 30.3 Å². The molecular formula is C16H16Cl2N2O4S. The number of hydrogen-bond acceptors (Lipinski definition) is 4. The summed E-state index contributed by atoms with van der Waals surface area (Å²) >= 11 is 12.0. The first-order valence-corrected chi connectivity index (χ1v) is 9.84. The third-order valence-electron chi connectivity index (χ3n) is 3.01. The zero-order valence-electron chi connectivity index (χ0n) is 13.3. The topological polar surface area (TPSA) is 84.5 Å². The van der Waals surface area contributed by atoms with Gasteiger partial charge in [-0.15, -0.1) is 0 Å². The summed E-state index contributed by atoms with van der Waals surface area (Å²) in [5.74, 6) is 0.188. The number of benzene rings is 2. The lowest BCUT2D eigenvalue weighted by Gasteiger charge is -2.10. The van der Waals surface area contributed by atoms with E-state index in [1.807, 2.05) is 0 Å². The second-order valence-electron chi connectivity index (χ2n) is 5.10. The Kier molecular flexibility index (Phi) is 6.52. The van der Waals surface area contributed by atoms with Gasteiger partial charge in [-0.2, -0.15) is 0 Å². The van der Waals surface area contributed by atoms with Crippen LogP contribution in [0.4, 0.5) is 5.69 Å². The molecule has 2 aromatic carbocycles. The van der Waals surface area contributed by atoms with E-state index >= 15 is 0 Å². The number of amides is 1. The predicted molar refractivity (Wildman–Crippen MR) is 99.2 cm³/mol. The Hall–Kier alpha value is -1.96. The number of ether oxygens (including phenoxy) is 1. The standard InChI is InChI=1S/C16H16Cl2N2O4S/c1-25(22,23)20-14-7-6-11(10-13(14)18)16(21)19-8-9-24-15-5-3-2-4-12(15)17/h2-7,10,20H,8-9H2,1H3,(H,19,21). The first-order valence-electron chi connectivity index (χ1n) is 7.19. The minimum Gasteiger partial charge on any atom is -0.490 e. The maximum Gasteiger partial charge on any atom is 0.251 e. The molecule has 6 nitrogen and oxygen atoms in total. The molecular weight excluding hydrogens is 387 g/mol. The Morgan fingerprint density at radius 1 is 1.12 bits per heavy atom. The molecule has 0 aliphatic carbocycles. The molecule has 2 N–H and O–H groups in total. The molecule has 25 heavy (non-hydrogen) atoms.